The second-order valence-electron chi connectivity index (χ2n) is 11.1. The van der Waals surface area contributed by atoms with Crippen molar-refractivity contribution in [3.63, 3.8) is 0 Å². The van der Waals surface area contributed by atoms with Gasteiger partial charge in [0, 0.05) is 12.5 Å². The van der Waals surface area contributed by atoms with E-state index in [1.807, 2.05) is 11.6 Å². The molecule has 31 heavy (non-hydrogen) atoms. The first-order chi connectivity index (χ1) is 15.2. The summed E-state index contributed by atoms with van der Waals surface area (Å²) in [5.41, 5.74) is 6.87. The normalized spacial score (nSPS) is 35.9. The van der Waals surface area contributed by atoms with Crippen molar-refractivity contribution >= 4 is 5.78 Å². The van der Waals surface area contributed by atoms with Crippen LogP contribution in [-0.2, 0) is 11.2 Å². The first-order valence-electron chi connectivity index (χ1n) is 13.0. The third kappa shape index (κ3) is 3.46. The van der Waals surface area contributed by atoms with E-state index in [1.165, 1.54) is 76.5 Å². The lowest BCUT2D eigenvalue weighted by molar-refractivity contribution is -0.114. The summed E-state index contributed by atoms with van der Waals surface area (Å²) in [6.07, 6.45) is 17.2. The Labute approximate surface area is 187 Å². The number of fused-ring (bicyclic) bond motifs is 4. The zero-order valence-corrected chi connectivity index (χ0v) is 19.0. The van der Waals surface area contributed by atoms with E-state index in [1.54, 1.807) is 11.1 Å². The lowest BCUT2D eigenvalue weighted by Crippen LogP contribution is -2.53. The van der Waals surface area contributed by atoms with Crippen LogP contribution in [0.3, 0.4) is 0 Å². The molecule has 0 N–H and O–H groups in total. The molecule has 0 radical (unpaired) electrons. The molecule has 5 aliphatic rings. The number of likely N-dealkylation sites (tertiary alicyclic amines) is 1. The Morgan fingerprint density at radius 3 is 2.61 bits per heavy atom. The van der Waals surface area contributed by atoms with Gasteiger partial charge in [-0.15, -0.1) is 0 Å². The van der Waals surface area contributed by atoms with Crippen LogP contribution in [0, 0.1) is 17.3 Å². The van der Waals surface area contributed by atoms with Crippen molar-refractivity contribution < 1.29 is 4.79 Å². The Morgan fingerprint density at radius 1 is 0.935 bits per heavy atom. The van der Waals surface area contributed by atoms with Crippen LogP contribution in [-0.4, -0.2) is 29.8 Å². The number of benzene rings is 1. The maximum Gasteiger partial charge on any atom is 0.156 e. The molecule has 2 saturated carbocycles. The molecular weight excluding hydrogens is 378 g/mol. The second kappa shape index (κ2) is 8.03. The molecule has 6 rings (SSSR count). The Balaban J connectivity index is 1.44. The Hall–Kier alpha value is -1.67. The van der Waals surface area contributed by atoms with E-state index in [-0.39, 0.29) is 0 Å². The Kier molecular flexibility index (Phi) is 5.17. The van der Waals surface area contributed by atoms with Crippen LogP contribution in [0.25, 0.3) is 0 Å². The lowest BCUT2D eigenvalue weighted by Gasteiger charge is -2.55. The van der Waals surface area contributed by atoms with Gasteiger partial charge in [0.1, 0.15) is 0 Å². The molecule has 1 saturated heterocycles. The number of nitrogens with zero attached hydrogens (tertiary/aromatic N) is 1. The highest BCUT2D eigenvalue weighted by Crippen LogP contribution is 2.62. The molecule has 1 heterocycles. The fourth-order valence-corrected chi connectivity index (χ4v) is 8.26. The number of allylic oxidation sites excluding steroid dienone is 3. The van der Waals surface area contributed by atoms with Crippen LogP contribution in [0.15, 0.2) is 53.1 Å². The summed E-state index contributed by atoms with van der Waals surface area (Å²) >= 11 is 0. The quantitative estimate of drug-likeness (QED) is 0.580. The number of carbonyl (C=O) groups is 1. The summed E-state index contributed by atoms with van der Waals surface area (Å²) in [7, 11) is 0. The SMILES string of the molecule is O=C1C=C2CC[C@@H]3C(=C2CC1)[C@@H](N1CCCCC1)C[C@]1(Cc2ccccc2)CCC[C@@H]31. The van der Waals surface area contributed by atoms with E-state index >= 15 is 0 Å². The van der Waals surface area contributed by atoms with Gasteiger partial charge in [-0.1, -0.05) is 43.2 Å². The first-order valence-corrected chi connectivity index (χ1v) is 13.0. The minimum absolute atomic E-state index is 0.363. The molecular formula is C29H37NO. The van der Waals surface area contributed by atoms with Crippen molar-refractivity contribution in [3.05, 3.63) is 58.7 Å². The van der Waals surface area contributed by atoms with E-state index in [9.17, 15) is 4.79 Å². The fraction of sp³-hybridized carbons (Fsp3) is 0.621. The van der Waals surface area contributed by atoms with Gasteiger partial charge in [-0.2, -0.15) is 0 Å². The summed E-state index contributed by atoms with van der Waals surface area (Å²) in [5, 5.41) is 0. The monoisotopic (exact) mass is 415 g/mol. The smallest absolute Gasteiger partial charge is 0.156 e. The molecule has 3 fully saturated rings. The lowest BCUT2D eigenvalue weighted by atomic mass is 9.54. The van der Waals surface area contributed by atoms with Gasteiger partial charge in [0.15, 0.2) is 5.78 Å². The van der Waals surface area contributed by atoms with Crippen LogP contribution < -0.4 is 0 Å². The highest BCUT2D eigenvalue weighted by atomic mass is 16.1. The number of carbonyl (C=O) groups excluding carboxylic acids is 1. The van der Waals surface area contributed by atoms with E-state index in [0.29, 0.717) is 17.2 Å². The van der Waals surface area contributed by atoms with Crippen molar-refractivity contribution in [1.82, 2.24) is 4.90 Å². The summed E-state index contributed by atoms with van der Waals surface area (Å²) in [6.45, 7) is 2.55. The molecule has 164 valence electrons. The van der Waals surface area contributed by atoms with Gasteiger partial charge in [-0.25, -0.2) is 0 Å². The molecule has 0 bridgehead atoms. The molecule has 0 amide bonds. The van der Waals surface area contributed by atoms with Gasteiger partial charge in [-0.3, -0.25) is 9.69 Å². The summed E-state index contributed by atoms with van der Waals surface area (Å²) in [6, 6.07) is 12.0. The summed E-state index contributed by atoms with van der Waals surface area (Å²) < 4.78 is 0. The largest absolute Gasteiger partial charge is 0.297 e. The predicted molar refractivity (Wildman–Crippen MR) is 126 cm³/mol. The molecule has 2 heteroatoms. The highest BCUT2D eigenvalue weighted by molar-refractivity contribution is 5.93. The average molecular weight is 416 g/mol. The third-order valence-corrected chi connectivity index (χ3v) is 9.47. The van der Waals surface area contributed by atoms with Gasteiger partial charge in [-0.05, 0) is 116 Å². The molecule has 4 atom stereocenters. The number of rotatable bonds is 3. The fourth-order valence-electron chi connectivity index (χ4n) is 8.26. The van der Waals surface area contributed by atoms with E-state index in [2.05, 4.69) is 35.2 Å². The number of hydrogen-bond acceptors (Lipinski definition) is 2. The highest BCUT2D eigenvalue weighted by Gasteiger charge is 2.55. The number of piperidine rings is 1. The van der Waals surface area contributed by atoms with Crippen LogP contribution >= 0.6 is 0 Å². The molecule has 0 spiro atoms. The molecule has 1 aliphatic heterocycles. The zero-order chi connectivity index (χ0) is 20.8. The van der Waals surface area contributed by atoms with E-state index in [0.717, 1.165) is 31.1 Å². The van der Waals surface area contributed by atoms with Crippen LogP contribution in [0.1, 0.15) is 76.2 Å². The summed E-state index contributed by atoms with van der Waals surface area (Å²) in [5.74, 6) is 1.96. The Bertz CT molecular complexity index is 906. The van der Waals surface area contributed by atoms with Crippen LogP contribution in [0.5, 0.6) is 0 Å². The topological polar surface area (TPSA) is 20.3 Å². The van der Waals surface area contributed by atoms with Crippen LogP contribution in [0.4, 0.5) is 0 Å². The molecule has 2 nitrogen and oxygen atoms in total. The van der Waals surface area contributed by atoms with Crippen molar-refractivity contribution in [3.8, 4) is 0 Å². The third-order valence-electron chi connectivity index (χ3n) is 9.47. The zero-order valence-electron chi connectivity index (χ0n) is 19.0. The molecule has 4 aliphatic carbocycles. The second-order valence-corrected chi connectivity index (χ2v) is 11.1. The van der Waals surface area contributed by atoms with Gasteiger partial charge >= 0.3 is 0 Å². The minimum Gasteiger partial charge on any atom is -0.297 e. The number of hydrogen-bond donors (Lipinski definition) is 0. The van der Waals surface area contributed by atoms with Crippen LogP contribution in [0.2, 0.25) is 0 Å². The predicted octanol–water partition coefficient (Wildman–Crippen LogP) is 6.27. The molecule has 1 aromatic carbocycles. The first kappa shape index (κ1) is 20.0. The van der Waals surface area contributed by atoms with Gasteiger partial charge < -0.3 is 0 Å². The standard InChI is InChI=1S/C29H37NO/c31-23-12-14-24-22(18-23)11-13-25-26-10-7-15-29(26,19-21-8-3-1-4-9-21)20-27(28(24)25)30-16-5-2-6-17-30/h1,3-4,8-9,18,25-27H,2,5-7,10-17,19-20H2/t25-,26-,27-,29+/m0/s1. The van der Waals surface area contributed by atoms with Crippen molar-refractivity contribution in [1.29, 1.82) is 0 Å². The molecule has 0 aromatic heterocycles. The molecule has 0 unspecified atom stereocenters. The maximum atomic E-state index is 12.2. The van der Waals surface area contributed by atoms with Gasteiger partial charge in [0.25, 0.3) is 0 Å². The maximum absolute atomic E-state index is 12.2. The van der Waals surface area contributed by atoms with Crippen molar-refractivity contribution in [2.24, 2.45) is 17.3 Å². The van der Waals surface area contributed by atoms with Crippen molar-refractivity contribution in [2.45, 2.75) is 83.1 Å². The van der Waals surface area contributed by atoms with Crippen molar-refractivity contribution in [2.75, 3.05) is 13.1 Å². The molecule has 1 aromatic rings. The minimum atomic E-state index is 0.363. The Morgan fingerprint density at radius 2 is 1.77 bits per heavy atom. The number of ketones is 1. The van der Waals surface area contributed by atoms with E-state index < -0.39 is 0 Å². The van der Waals surface area contributed by atoms with E-state index in [4.69, 9.17) is 0 Å². The average Bonchev–Trinajstić information content (AvgIpc) is 3.23. The van der Waals surface area contributed by atoms with Gasteiger partial charge in [0.05, 0.1) is 0 Å². The van der Waals surface area contributed by atoms with Gasteiger partial charge in [0.2, 0.25) is 0 Å². The summed E-state index contributed by atoms with van der Waals surface area (Å²) in [4.78, 5) is 15.1.